The summed E-state index contributed by atoms with van der Waals surface area (Å²) in [6.07, 6.45) is 0.617. The van der Waals surface area contributed by atoms with Crippen LogP contribution in [0.3, 0.4) is 0 Å². The molecule has 1 amide bonds. The van der Waals surface area contributed by atoms with Crippen molar-refractivity contribution in [2.75, 3.05) is 13.7 Å². The van der Waals surface area contributed by atoms with Crippen molar-refractivity contribution in [2.24, 2.45) is 0 Å². The first-order valence-electron chi connectivity index (χ1n) is 8.79. The average molecular weight is 395 g/mol. The number of carbonyl (C=O) groups excluding carboxylic acids is 1. The number of halogens is 1. The zero-order valence-corrected chi connectivity index (χ0v) is 16.0. The van der Waals surface area contributed by atoms with Crippen LogP contribution >= 0.6 is 11.3 Å². The number of fused-ring (bicyclic) bond motifs is 1. The van der Waals surface area contributed by atoms with Gasteiger partial charge in [0.25, 0.3) is 5.91 Å². The highest BCUT2D eigenvalue weighted by atomic mass is 32.1. The van der Waals surface area contributed by atoms with Crippen LogP contribution in [0.15, 0.2) is 53.9 Å². The number of hydrogen-bond donors (Lipinski definition) is 2. The molecule has 4 rings (SSSR count). The average Bonchev–Trinajstić information content (AvgIpc) is 3.38. The third-order valence-electron chi connectivity index (χ3n) is 4.44. The van der Waals surface area contributed by atoms with E-state index in [1.165, 1.54) is 12.1 Å². The summed E-state index contributed by atoms with van der Waals surface area (Å²) in [6.45, 7) is 0.445. The Morgan fingerprint density at radius 2 is 2.04 bits per heavy atom. The number of methoxy groups -OCH3 is 1. The van der Waals surface area contributed by atoms with Gasteiger partial charge in [-0.1, -0.05) is 18.2 Å². The van der Waals surface area contributed by atoms with Crippen LogP contribution in [0.4, 0.5) is 4.39 Å². The molecule has 2 N–H and O–H groups in total. The smallest absolute Gasteiger partial charge is 0.253 e. The summed E-state index contributed by atoms with van der Waals surface area (Å²) < 4.78 is 18.4. The van der Waals surface area contributed by atoms with E-state index in [-0.39, 0.29) is 11.7 Å². The second-order valence-corrected chi connectivity index (χ2v) is 7.18. The summed E-state index contributed by atoms with van der Waals surface area (Å²) in [4.78, 5) is 21.6. The Kier molecular flexibility index (Phi) is 5.08. The molecule has 142 valence electrons. The summed E-state index contributed by atoms with van der Waals surface area (Å²) in [5.74, 6) is 0.857. The Hall–Kier alpha value is -3.19. The zero-order chi connectivity index (χ0) is 19.5. The Labute approximate surface area is 165 Å². The Bertz CT molecular complexity index is 1100. The number of carbonyl (C=O) groups is 1. The summed E-state index contributed by atoms with van der Waals surface area (Å²) >= 11 is 1.57. The van der Waals surface area contributed by atoms with E-state index in [9.17, 15) is 9.18 Å². The number of aromatic amines is 1. The van der Waals surface area contributed by atoms with Crippen LogP contribution in [0, 0.1) is 5.82 Å². The molecule has 0 atom stereocenters. The van der Waals surface area contributed by atoms with Crippen molar-refractivity contribution >= 4 is 28.3 Å². The van der Waals surface area contributed by atoms with Gasteiger partial charge >= 0.3 is 0 Å². The first-order chi connectivity index (χ1) is 13.7. The molecule has 28 heavy (non-hydrogen) atoms. The fraction of sp³-hybridized carbons (Fsp3) is 0.143. The zero-order valence-electron chi connectivity index (χ0n) is 15.2. The topological polar surface area (TPSA) is 67.0 Å². The molecule has 2 aromatic carbocycles. The molecule has 5 nitrogen and oxygen atoms in total. The number of imidazole rings is 1. The lowest BCUT2D eigenvalue weighted by molar-refractivity contribution is 0.0955. The number of nitrogens with one attached hydrogen (secondary N) is 2. The minimum Gasteiger partial charge on any atom is -0.494 e. The largest absolute Gasteiger partial charge is 0.494 e. The highest BCUT2D eigenvalue weighted by Gasteiger charge is 2.18. The normalized spacial score (nSPS) is 10.9. The number of H-pyrrole nitrogens is 1. The van der Waals surface area contributed by atoms with Gasteiger partial charge in [0.2, 0.25) is 0 Å². The molecule has 4 aromatic rings. The Morgan fingerprint density at radius 1 is 1.21 bits per heavy atom. The maximum Gasteiger partial charge on any atom is 0.253 e. The Morgan fingerprint density at radius 3 is 2.75 bits per heavy atom. The van der Waals surface area contributed by atoms with Crippen molar-refractivity contribution in [1.29, 1.82) is 0 Å². The summed E-state index contributed by atoms with van der Waals surface area (Å²) in [7, 11) is 1.59. The molecule has 0 fully saturated rings. The second kappa shape index (κ2) is 7.82. The van der Waals surface area contributed by atoms with Gasteiger partial charge in [0.05, 0.1) is 17.6 Å². The van der Waals surface area contributed by atoms with Gasteiger partial charge in [-0.2, -0.15) is 0 Å². The molecule has 0 spiro atoms. The van der Waals surface area contributed by atoms with E-state index < -0.39 is 0 Å². The molecular formula is C21H18FN3O2S. The minimum absolute atomic E-state index is 0.209. The van der Waals surface area contributed by atoms with Crippen LogP contribution in [0.25, 0.3) is 21.7 Å². The molecule has 7 heteroatoms. The van der Waals surface area contributed by atoms with Crippen LogP contribution in [0.5, 0.6) is 5.75 Å². The first kappa shape index (κ1) is 18.2. The Balaban J connectivity index is 1.57. The van der Waals surface area contributed by atoms with Gasteiger partial charge in [0.15, 0.2) is 0 Å². The fourth-order valence-electron chi connectivity index (χ4n) is 3.02. The van der Waals surface area contributed by atoms with Crippen molar-refractivity contribution in [2.45, 2.75) is 6.42 Å². The van der Waals surface area contributed by atoms with Crippen LogP contribution in [0.1, 0.15) is 15.9 Å². The van der Waals surface area contributed by atoms with E-state index in [0.717, 1.165) is 10.4 Å². The van der Waals surface area contributed by atoms with E-state index in [0.29, 0.717) is 41.1 Å². The molecule has 0 saturated carbocycles. The number of benzene rings is 2. The quantitative estimate of drug-likeness (QED) is 0.508. The van der Waals surface area contributed by atoms with Crippen LogP contribution in [0.2, 0.25) is 0 Å². The summed E-state index contributed by atoms with van der Waals surface area (Å²) in [5.41, 5.74) is 2.70. The monoisotopic (exact) mass is 395 g/mol. The molecule has 2 aromatic heterocycles. The van der Waals surface area contributed by atoms with Crippen LogP contribution in [-0.2, 0) is 6.42 Å². The summed E-state index contributed by atoms with van der Waals surface area (Å²) in [6, 6.07) is 13.7. The van der Waals surface area contributed by atoms with Crippen LogP contribution < -0.4 is 10.1 Å². The summed E-state index contributed by atoms with van der Waals surface area (Å²) in [5, 5.41) is 4.89. The molecule has 0 unspecified atom stereocenters. The van der Waals surface area contributed by atoms with E-state index in [1.807, 2.05) is 17.5 Å². The predicted molar refractivity (Wildman–Crippen MR) is 108 cm³/mol. The van der Waals surface area contributed by atoms with Gasteiger partial charge < -0.3 is 15.0 Å². The molecule has 0 bridgehead atoms. The van der Waals surface area contributed by atoms with Crippen molar-refractivity contribution in [3.05, 3.63) is 70.9 Å². The lowest BCUT2D eigenvalue weighted by Crippen LogP contribution is -2.26. The second-order valence-electron chi connectivity index (χ2n) is 6.23. The maximum atomic E-state index is 13.0. The third kappa shape index (κ3) is 3.61. The minimum atomic E-state index is -0.270. The SMILES string of the molecule is COc1ccc(C(=O)NCCc2ccc(F)cc2)c2nc(-c3cccs3)[nH]c12. The van der Waals surface area contributed by atoms with Gasteiger partial charge in [0, 0.05) is 6.54 Å². The molecule has 2 heterocycles. The van der Waals surface area contributed by atoms with Crippen molar-refractivity contribution < 1.29 is 13.9 Å². The van der Waals surface area contributed by atoms with Gasteiger partial charge in [-0.05, 0) is 47.7 Å². The number of thiophene rings is 1. The number of amides is 1. The van der Waals surface area contributed by atoms with Crippen molar-refractivity contribution in [1.82, 2.24) is 15.3 Å². The highest BCUT2D eigenvalue weighted by molar-refractivity contribution is 7.13. The van der Waals surface area contributed by atoms with Crippen molar-refractivity contribution in [3.8, 4) is 16.5 Å². The lowest BCUT2D eigenvalue weighted by Gasteiger charge is -2.08. The molecule has 0 aliphatic carbocycles. The fourth-order valence-corrected chi connectivity index (χ4v) is 3.69. The van der Waals surface area contributed by atoms with Gasteiger partial charge in [-0.15, -0.1) is 11.3 Å². The maximum absolute atomic E-state index is 13.0. The van der Waals surface area contributed by atoms with Gasteiger partial charge in [-0.3, -0.25) is 4.79 Å². The molecule has 0 aliphatic heterocycles. The number of nitrogens with zero attached hydrogens (tertiary/aromatic N) is 1. The molecule has 0 radical (unpaired) electrons. The number of hydrogen-bond acceptors (Lipinski definition) is 4. The number of ether oxygens (including phenoxy) is 1. The third-order valence-corrected chi connectivity index (χ3v) is 5.31. The number of aromatic nitrogens is 2. The van der Waals surface area contributed by atoms with Gasteiger partial charge in [-0.25, -0.2) is 9.37 Å². The van der Waals surface area contributed by atoms with E-state index in [1.54, 1.807) is 42.7 Å². The standard InChI is InChI=1S/C21H18FN3O2S/c1-27-16-9-8-15(18-19(16)25-20(24-18)17-3-2-12-28-17)21(26)23-11-10-13-4-6-14(22)7-5-13/h2-9,12H,10-11H2,1H3,(H,23,26)(H,24,25). The van der Waals surface area contributed by atoms with Crippen LogP contribution in [-0.4, -0.2) is 29.5 Å². The van der Waals surface area contributed by atoms with Gasteiger partial charge in [0.1, 0.15) is 28.4 Å². The van der Waals surface area contributed by atoms with E-state index in [4.69, 9.17) is 4.74 Å². The first-order valence-corrected chi connectivity index (χ1v) is 9.67. The lowest BCUT2D eigenvalue weighted by atomic mass is 10.1. The predicted octanol–water partition coefficient (Wildman–Crippen LogP) is 4.41. The number of rotatable bonds is 6. The molecular weight excluding hydrogens is 377 g/mol. The molecule has 0 saturated heterocycles. The highest BCUT2D eigenvalue weighted by Crippen LogP contribution is 2.31. The van der Waals surface area contributed by atoms with E-state index >= 15 is 0 Å². The molecule has 0 aliphatic rings. The van der Waals surface area contributed by atoms with Crippen molar-refractivity contribution in [3.63, 3.8) is 0 Å². The van der Waals surface area contributed by atoms with E-state index in [2.05, 4.69) is 15.3 Å².